The summed E-state index contributed by atoms with van der Waals surface area (Å²) in [5.41, 5.74) is 4.84. The standard InChI is InChI=1S/C29H26Cl2N6O/c1-18-14-25(35-15-22-23(16-35)29(22,17-32)36-10-12-38-13-11-36)37-28(33-18)26(19-6-8-20(30)9-7-19)27(34-37)21-4-2-3-5-24(21)31/h2-9,14,22-23H,10-13,15-16H2,1H3/t22-,23+,29+. The number of rotatable bonds is 4. The molecule has 1 saturated carbocycles. The van der Waals surface area contributed by atoms with Gasteiger partial charge in [0.2, 0.25) is 0 Å². The number of nitrogens with zero attached hydrogens (tertiary/aromatic N) is 6. The first kappa shape index (κ1) is 23.9. The smallest absolute Gasteiger partial charge is 0.166 e. The minimum absolute atomic E-state index is 0.309. The van der Waals surface area contributed by atoms with Crippen LogP contribution in [0.3, 0.4) is 0 Å². The van der Waals surface area contributed by atoms with Crippen molar-refractivity contribution in [1.29, 1.82) is 5.26 Å². The Morgan fingerprint density at radius 3 is 2.42 bits per heavy atom. The molecule has 7 nitrogen and oxygen atoms in total. The number of piperidine rings is 1. The molecule has 2 aromatic carbocycles. The number of hydrogen-bond acceptors (Lipinski definition) is 6. The van der Waals surface area contributed by atoms with Gasteiger partial charge in [-0.15, -0.1) is 0 Å². The van der Waals surface area contributed by atoms with Crippen LogP contribution in [0.1, 0.15) is 5.69 Å². The van der Waals surface area contributed by atoms with E-state index in [9.17, 15) is 5.26 Å². The number of ether oxygens (including phenoxy) is 1. The first-order valence-electron chi connectivity index (χ1n) is 12.9. The van der Waals surface area contributed by atoms with Gasteiger partial charge in [-0.1, -0.05) is 53.5 Å². The summed E-state index contributed by atoms with van der Waals surface area (Å²) in [5, 5.41) is 16.7. The Labute approximate surface area is 231 Å². The summed E-state index contributed by atoms with van der Waals surface area (Å²) in [4.78, 5) is 9.66. The molecule has 0 bridgehead atoms. The lowest BCUT2D eigenvalue weighted by Crippen LogP contribution is -2.49. The molecule has 0 N–H and O–H groups in total. The van der Waals surface area contributed by atoms with Gasteiger partial charge < -0.3 is 9.64 Å². The lowest BCUT2D eigenvalue weighted by molar-refractivity contribution is 0.0148. The summed E-state index contributed by atoms with van der Waals surface area (Å²) >= 11 is 12.9. The van der Waals surface area contributed by atoms with Crippen LogP contribution in [-0.4, -0.2) is 64.4 Å². The van der Waals surface area contributed by atoms with Gasteiger partial charge in [-0.25, -0.2) is 4.98 Å². The molecular weight excluding hydrogens is 519 g/mol. The van der Waals surface area contributed by atoms with Gasteiger partial charge in [-0.05, 0) is 30.7 Å². The largest absolute Gasteiger partial charge is 0.379 e. The maximum Gasteiger partial charge on any atom is 0.166 e. The summed E-state index contributed by atoms with van der Waals surface area (Å²) in [6, 6.07) is 20.3. The summed E-state index contributed by atoms with van der Waals surface area (Å²) in [7, 11) is 0. The van der Waals surface area contributed by atoms with Crippen molar-refractivity contribution in [3.8, 4) is 28.5 Å². The predicted molar refractivity (Wildman–Crippen MR) is 149 cm³/mol. The summed E-state index contributed by atoms with van der Waals surface area (Å²) in [6.45, 7) is 6.68. The molecule has 9 heteroatoms. The highest BCUT2D eigenvalue weighted by Gasteiger charge is 2.72. The molecular formula is C29H26Cl2N6O. The molecule has 0 radical (unpaired) electrons. The molecule has 1 aliphatic carbocycles. The minimum atomic E-state index is -0.372. The molecule has 4 aromatic rings. The number of nitriles is 1. The van der Waals surface area contributed by atoms with E-state index in [1.165, 1.54) is 0 Å². The molecule has 2 aromatic heterocycles. The number of morpholine rings is 1. The number of benzene rings is 2. The van der Waals surface area contributed by atoms with Crippen molar-refractivity contribution in [2.24, 2.45) is 11.8 Å². The fraction of sp³-hybridized carbons (Fsp3) is 0.345. The van der Waals surface area contributed by atoms with Crippen LogP contribution < -0.4 is 4.90 Å². The van der Waals surface area contributed by atoms with Crippen molar-refractivity contribution in [2.75, 3.05) is 44.3 Å². The summed E-state index contributed by atoms with van der Waals surface area (Å²) < 4.78 is 7.49. The molecule has 3 fully saturated rings. The van der Waals surface area contributed by atoms with Crippen molar-refractivity contribution in [1.82, 2.24) is 19.5 Å². The number of aromatic nitrogens is 3. The highest BCUT2D eigenvalue weighted by atomic mass is 35.5. The minimum Gasteiger partial charge on any atom is -0.379 e. The van der Waals surface area contributed by atoms with Crippen molar-refractivity contribution in [2.45, 2.75) is 12.5 Å². The number of fused-ring (bicyclic) bond motifs is 2. The fourth-order valence-corrected chi connectivity index (χ4v) is 6.85. The van der Waals surface area contributed by atoms with Crippen LogP contribution in [0.5, 0.6) is 0 Å². The van der Waals surface area contributed by atoms with Crippen LogP contribution in [-0.2, 0) is 4.74 Å². The normalized spacial score (nSPS) is 24.9. The average molecular weight is 545 g/mol. The van der Waals surface area contributed by atoms with E-state index in [-0.39, 0.29) is 5.54 Å². The van der Waals surface area contributed by atoms with E-state index in [0.29, 0.717) is 35.1 Å². The Bertz CT molecular complexity index is 1580. The van der Waals surface area contributed by atoms with Crippen molar-refractivity contribution in [3.05, 3.63) is 70.3 Å². The average Bonchev–Trinajstić information content (AvgIpc) is 3.20. The van der Waals surface area contributed by atoms with Gasteiger partial charge in [-0.2, -0.15) is 14.9 Å². The molecule has 7 rings (SSSR count). The van der Waals surface area contributed by atoms with Gasteiger partial charge in [0.05, 0.1) is 29.9 Å². The predicted octanol–water partition coefficient (Wildman–Crippen LogP) is 5.34. The molecule has 0 spiro atoms. The van der Waals surface area contributed by atoms with E-state index in [2.05, 4.69) is 21.9 Å². The second kappa shape index (κ2) is 8.96. The third kappa shape index (κ3) is 3.55. The monoisotopic (exact) mass is 544 g/mol. The van der Waals surface area contributed by atoms with E-state index < -0.39 is 0 Å². The Kier molecular flexibility index (Phi) is 5.64. The van der Waals surface area contributed by atoms with E-state index in [0.717, 1.165) is 65.7 Å². The zero-order valence-electron chi connectivity index (χ0n) is 20.9. The van der Waals surface area contributed by atoms with E-state index in [1.807, 2.05) is 60.0 Å². The first-order chi connectivity index (χ1) is 18.5. The second-order valence-electron chi connectivity index (χ2n) is 10.4. The van der Waals surface area contributed by atoms with Crippen LogP contribution in [0, 0.1) is 30.1 Å². The van der Waals surface area contributed by atoms with Gasteiger partial charge in [0, 0.05) is 60.4 Å². The van der Waals surface area contributed by atoms with E-state index >= 15 is 0 Å². The number of halogens is 2. The van der Waals surface area contributed by atoms with E-state index in [1.54, 1.807) is 0 Å². The Hall–Kier alpha value is -3.15. The van der Waals surface area contributed by atoms with Gasteiger partial charge in [0.15, 0.2) is 5.65 Å². The SMILES string of the molecule is Cc1cc(N2C[C@@H]3[C@H](C2)[C@@]3(C#N)N2CCOCC2)n2nc(-c3ccccc3Cl)c(-c3ccc(Cl)cc3)c2n1. The van der Waals surface area contributed by atoms with Crippen molar-refractivity contribution in [3.63, 3.8) is 0 Å². The lowest BCUT2D eigenvalue weighted by atomic mass is 10.0. The second-order valence-corrected chi connectivity index (χ2v) is 11.2. The summed E-state index contributed by atoms with van der Waals surface area (Å²) in [6.07, 6.45) is 0. The molecule has 2 aliphatic heterocycles. The molecule has 3 atom stereocenters. The fourth-order valence-electron chi connectivity index (χ4n) is 6.50. The summed E-state index contributed by atoms with van der Waals surface area (Å²) in [5.74, 6) is 1.61. The maximum absolute atomic E-state index is 10.2. The van der Waals surface area contributed by atoms with Crippen LogP contribution in [0.25, 0.3) is 28.0 Å². The first-order valence-corrected chi connectivity index (χ1v) is 13.7. The van der Waals surface area contributed by atoms with Gasteiger partial charge >= 0.3 is 0 Å². The third-order valence-corrected chi connectivity index (χ3v) is 8.92. The highest BCUT2D eigenvalue weighted by Crippen LogP contribution is 2.59. The lowest BCUT2D eigenvalue weighted by Gasteiger charge is -2.35. The number of hydrogen-bond donors (Lipinski definition) is 0. The molecule has 0 unspecified atom stereocenters. The topological polar surface area (TPSA) is 69.7 Å². The molecule has 3 aliphatic rings. The van der Waals surface area contributed by atoms with Crippen LogP contribution in [0.15, 0.2) is 54.6 Å². The molecule has 4 heterocycles. The molecule has 0 amide bonds. The quantitative estimate of drug-likeness (QED) is 0.345. The van der Waals surface area contributed by atoms with Gasteiger partial charge in [-0.3, -0.25) is 4.90 Å². The van der Waals surface area contributed by atoms with Crippen molar-refractivity contribution < 1.29 is 4.74 Å². The zero-order chi connectivity index (χ0) is 26.0. The highest BCUT2D eigenvalue weighted by molar-refractivity contribution is 6.33. The molecule has 2 saturated heterocycles. The Morgan fingerprint density at radius 2 is 1.74 bits per heavy atom. The van der Waals surface area contributed by atoms with Crippen LogP contribution in [0.4, 0.5) is 5.82 Å². The number of anilines is 1. The Balaban J connectivity index is 1.33. The Morgan fingerprint density at radius 1 is 1.03 bits per heavy atom. The maximum atomic E-state index is 10.2. The zero-order valence-corrected chi connectivity index (χ0v) is 22.5. The van der Waals surface area contributed by atoms with Crippen LogP contribution >= 0.6 is 23.2 Å². The van der Waals surface area contributed by atoms with Gasteiger partial charge in [0.25, 0.3) is 0 Å². The number of aryl methyl sites for hydroxylation is 1. The van der Waals surface area contributed by atoms with E-state index in [4.69, 9.17) is 38.0 Å². The molecule has 192 valence electrons. The van der Waals surface area contributed by atoms with Gasteiger partial charge in [0.1, 0.15) is 17.1 Å². The van der Waals surface area contributed by atoms with Crippen molar-refractivity contribution >= 4 is 34.7 Å². The van der Waals surface area contributed by atoms with Crippen LogP contribution in [0.2, 0.25) is 10.0 Å². The molecule has 38 heavy (non-hydrogen) atoms. The third-order valence-electron chi connectivity index (χ3n) is 8.34.